The topological polar surface area (TPSA) is 107 Å². The van der Waals surface area contributed by atoms with Gasteiger partial charge in [-0.15, -0.1) is 6.58 Å². The zero-order chi connectivity index (χ0) is 16.0. The Hall–Kier alpha value is -1.17. The first-order valence-corrected chi connectivity index (χ1v) is 9.88. The normalized spacial score (nSPS) is 28.3. The Morgan fingerprint density at radius 3 is 2.19 bits per heavy atom. The molecule has 2 aliphatic heterocycles. The molecule has 0 saturated carbocycles. The fraction of sp³-hybridized carbons (Fsp3) is 0.700. The molecule has 21 heavy (non-hydrogen) atoms. The van der Waals surface area contributed by atoms with Crippen LogP contribution in [0.4, 0.5) is 4.79 Å². The van der Waals surface area contributed by atoms with E-state index in [4.69, 9.17) is 0 Å². The van der Waals surface area contributed by atoms with Crippen LogP contribution in [0, 0.1) is 0 Å². The lowest BCUT2D eigenvalue weighted by Crippen LogP contribution is -2.65. The van der Waals surface area contributed by atoms with E-state index in [0.29, 0.717) is 0 Å². The summed E-state index contributed by atoms with van der Waals surface area (Å²) < 4.78 is 49.7. The van der Waals surface area contributed by atoms with E-state index in [0.717, 1.165) is 21.1 Å². The molecule has 0 radical (unpaired) electrons. The van der Waals surface area contributed by atoms with Gasteiger partial charge >= 0.3 is 6.03 Å². The quantitative estimate of drug-likeness (QED) is 0.621. The summed E-state index contributed by atoms with van der Waals surface area (Å²) in [5, 5.41) is 2.53. The molecule has 0 spiro atoms. The Kier molecular flexibility index (Phi) is 4.04. The monoisotopic (exact) mass is 338 g/mol. The zero-order valence-electron chi connectivity index (χ0n) is 11.8. The van der Waals surface area contributed by atoms with Crippen LogP contribution in [0.1, 0.15) is 0 Å². The lowest BCUT2D eigenvalue weighted by Gasteiger charge is -2.42. The van der Waals surface area contributed by atoms with Crippen molar-refractivity contribution >= 4 is 26.1 Å². The van der Waals surface area contributed by atoms with Crippen molar-refractivity contribution in [1.29, 1.82) is 0 Å². The minimum absolute atomic E-state index is 0.00429. The van der Waals surface area contributed by atoms with Gasteiger partial charge in [-0.3, -0.25) is 0 Å². The molecule has 1 N–H and O–H groups in total. The van der Waals surface area contributed by atoms with Crippen LogP contribution in [0.2, 0.25) is 0 Å². The van der Waals surface area contributed by atoms with Crippen molar-refractivity contribution in [3.05, 3.63) is 12.7 Å². The number of hydrogen-bond donors (Lipinski definition) is 1. The third-order valence-corrected chi connectivity index (χ3v) is 5.97. The van der Waals surface area contributed by atoms with Gasteiger partial charge < -0.3 is 10.2 Å². The summed E-state index contributed by atoms with van der Waals surface area (Å²) in [6.07, 6.45) is 1.68. The maximum absolute atomic E-state index is 12.0. The van der Waals surface area contributed by atoms with Crippen LogP contribution in [0.15, 0.2) is 12.7 Å². The fourth-order valence-corrected chi connectivity index (χ4v) is 4.66. The molecule has 0 bridgehead atoms. The van der Waals surface area contributed by atoms with Crippen molar-refractivity contribution in [1.82, 2.24) is 18.8 Å². The average molecular weight is 338 g/mol. The lowest BCUT2D eigenvalue weighted by atomic mass is 10.3. The molecule has 0 aromatic carbocycles. The predicted molar refractivity (Wildman–Crippen MR) is 76.1 cm³/mol. The molecule has 2 saturated heterocycles. The number of sulfonamides is 2. The van der Waals surface area contributed by atoms with Gasteiger partial charge in [0.15, 0.2) is 0 Å². The number of urea groups is 1. The van der Waals surface area contributed by atoms with Crippen molar-refractivity contribution in [2.75, 3.05) is 32.1 Å². The number of fused-ring (bicyclic) bond motifs is 1. The Balaban J connectivity index is 2.47. The first-order chi connectivity index (χ1) is 9.57. The second kappa shape index (κ2) is 5.23. The van der Waals surface area contributed by atoms with Gasteiger partial charge in [0.25, 0.3) is 0 Å². The van der Waals surface area contributed by atoms with Crippen LogP contribution < -0.4 is 5.32 Å². The number of hydrogen-bond acceptors (Lipinski definition) is 5. The van der Waals surface area contributed by atoms with Crippen LogP contribution >= 0.6 is 0 Å². The third kappa shape index (κ3) is 2.91. The molecule has 2 heterocycles. The molecule has 2 amide bonds. The van der Waals surface area contributed by atoms with Crippen molar-refractivity contribution in [3.8, 4) is 0 Å². The fourth-order valence-electron chi connectivity index (χ4n) is 2.64. The van der Waals surface area contributed by atoms with Crippen molar-refractivity contribution < 1.29 is 21.6 Å². The molecule has 0 aromatic heterocycles. The standard InChI is InChI=1S/C10H18N4O5S2/c1-4-5-12-9-8(11-10(12)15)13(20(2,16)17)6-7-14(9)21(3,18)19/h4,8-9H,1,5-7H2,2-3H3,(H,11,15)/t8-,9+/m1/s1. The number of piperazine rings is 1. The Labute approximate surface area is 124 Å². The molecule has 2 fully saturated rings. The van der Waals surface area contributed by atoms with Crippen LogP contribution in [-0.2, 0) is 20.0 Å². The molecule has 11 heteroatoms. The Morgan fingerprint density at radius 1 is 1.19 bits per heavy atom. The number of rotatable bonds is 4. The van der Waals surface area contributed by atoms with Crippen LogP contribution in [0.25, 0.3) is 0 Å². The largest absolute Gasteiger partial charge is 0.320 e. The molecule has 0 unspecified atom stereocenters. The summed E-state index contributed by atoms with van der Waals surface area (Å²) in [4.78, 5) is 13.3. The van der Waals surface area contributed by atoms with Crippen LogP contribution in [0.5, 0.6) is 0 Å². The summed E-state index contributed by atoms with van der Waals surface area (Å²) in [6.45, 7) is 3.64. The summed E-state index contributed by atoms with van der Waals surface area (Å²) in [6, 6.07) is -0.519. The second-order valence-corrected chi connectivity index (χ2v) is 8.87. The first-order valence-electron chi connectivity index (χ1n) is 6.19. The highest BCUT2D eigenvalue weighted by Gasteiger charge is 2.52. The summed E-state index contributed by atoms with van der Waals surface area (Å²) in [5.41, 5.74) is 0. The highest BCUT2D eigenvalue weighted by molar-refractivity contribution is 7.88. The van der Waals surface area contributed by atoms with E-state index in [1.54, 1.807) is 0 Å². The van der Waals surface area contributed by atoms with Gasteiger partial charge in [0.2, 0.25) is 20.0 Å². The smallest absolute Gasteiger partial charge is 0.318 e. The molecule has 2 rings (SSSR count). The highest BCUT2D eigenvalue weighted by atomic mass is 32.2. The molecular formula is C10H18N4O5S2. The van der Waals surface area contributed by atoms with Crippen LogP contribution in [0.3, 0.4) is 0 Å². The van der Waals surface area contributed by atoms with Gasteiger partial charge in [-0.2, -0.15) is 8.61 Å². The summed E-state index contributed by atoms with van der Waals surface area (Å²) >= 11 is 0. The maximum atomic E-state index is 12.0. The van der Waals surface area contributed by atoms with Gasteiger partial charge in [0, 0.05) is 19.6 Å². The Bertz CT molecular complexity index is 659. The number of carbonyl (C=O) groups excluding carboxylic acids is 1. The molecule has 120 valence electrons. The molecule has 0 aliphatic carbocycles. The number of nitrogens with one attached hydrogen (secondary N) is 1. The second-order valence-electron chi connectivity index (χ2n) is 5.00. The molecular weight excluding hydrogens is 320 g/mol. The molecule has 2 atom stereocenters. The Morgan fingerprint density at radius 2 is 1.71 bits per heavy atom. The van der Waals surface area contributed by atoms with Crippen molar-refractivity contribution in [3.63, 3.8) is 0 Å². The predicted octanol–water partition coefficient (Wildman–Crippen LogP) is -1.61. The first kappa shape index (κ1) is 16.2. The van der Waals surface area contributed by atoms with Gasteiger partial charge in [0.1, 0.15) is 12.3 Å². The van der Waals surface area contributed by atoms with Crippen molar-refractivity contribution in [2.24, 2.45) is 0 Å². The van der Waals surface area contributed by atoms with E-state index in [9.17, 15) is 21.6 Å². The van der Waals surface area contributed by atoms with E-state index < -0.39 is 38.4 Å². The van der Waals surface area contributed by atoms with Gasteiger partial charge in [-0.25, -0.2) is 21.6 Å². The van der Waals surface area contributed by atoms with E-state index in [-0.39, 0.29) is 19.6 Å². The molecule has 9 nitrogen and oxygen atoms in total. The number of nitrogens with zero attached hydrogens (tertiary/aromatic N) is 3. The number of amides is 2. The molecule has 0 aromatic rings. The summed E-state index contributed by atoms with van der Waals surface area (Å²) in [5.74, 6) is 0. The maximum Gasteiger partial charge on any atom is 0.320 e. The van der Waals surface area contributed by atoms with Crippen LogP contribution in [-0.4, -0.2) is 80.9 Å². The SMILES string of the molecule is C=CCN1C(=O)N[C@H]2[C@@H]1N(S(C)(=O)=O)CCN2S(C)(=O)=O. The summed E-state index contributed by atoms with van der Waals surface area (Å²) in [7, 11) is -7.15. The van der Waals surface area contributed by atoms with E-state index in [1.165, 1.54) is 11.0 Å². The van der Waals surface area contributed by atoms with Gasteiger partial charge in [-0.05, 0) is 0 Å². The average Bonchev–Trinajstić information content (AvgIpc) is 2.63. The highest BCUT2D eigenvalue weighted by Crippen LogP contribution is 2.27. The minimum Gasteiger partial charge on any atom is -0.318 e. The van der Waals surface area contributed by atoms with E-state index in [1.807, 2.05) is 0 Å². The third-order valence-electron chi connectivity index (χ3n) is 3.46. The lowest BCUT2D eigenvalue weighted by molar-refractivity contribution is 0.0735. The van der Waals surface area contributed by atoms with Gasteiger partial charge in [-0.1, -0.05) is 6.08 Å². The van der Waals surface area contributed by atoms with E-state index in [2.05, 4.69) is 11.9 Å². The molecule has 2 aliphatic rings. The zero-order valence-corrected chi connectivity index (χ0v) is 13.4. The van der Waals surface area contributed by atoms with Gasteiger partial charge in [0.05, 0.1) is 12.5 Å². The number of carbonyl (C=O) groups is 1. The van der Waals surface area contributed by atoms with E-state index >= 15 is 0 Å². The van der Waals surface area contributed by atoms with Crippen molar-refractivity contribution in [2.45, 2.75) is 12.3 Å². The minimum atomic E-state index is -3.58.